The monoisotopic (exact) mass is 326 g/mol. The normalized spacial score (nSPS) is 15.8. The van der Waals surface area contributed by atoms with Gasteiger partial charge in [0.1, 0.15) is 21.5 Å². The van der Waals surface area contributed by atoms with E-state index in [4.69, 9.17) is 4.74 Å². The fourth-order valence-electron chi connectivity index (χ4n) is 2.91. The highest BCUT2D eigenvalue weighted by Gasteiger charge is 2.16. The van der Waals surface area contributed by atoms with Crippen molar-refractivity contribution in [2.24, 2.45) is 0 Å². The molecule has 0 N–H and O–H groups in total. The summed E-state index contributed by atoms with van der Waals surface area (Å²) in [5, 5.41) is 1.01. The van der Waals surface area contributed by atoms with E-state index in [2.05, 4.69) is 19.9 Å². The second-order valence-corrected chi connectivity index (χ2v) is 6.88. The molecule has 1 fully saturated rings. The zero-order valence-corrected chi connectivity index (χ0v) is 13.6. The number of hydrogen-bond donors (Lipinski definition) is 0. The molecule has 0 bridgehead atoms. The van der Waals surface area contributed by atoms with Crippen LogP contribution in [-0.2, 0) is 6.42 Å². The SMILES string of the molecule is c1cnc2sc(Cc3ccnc(OC4CCCCC4)n3)nc2c1. The van der Waals surface area contributed by atoms with Crippen LogP contribution in [0.4, 0.5) is 0 Å². The average molecular weight is 326 g/mol. The van der Waals surface area contributed by atoms with Gasteiger partial charge in [-0.1, -0.05) is 17.8 Å². The van der Waals surface area contributed by atoms with Crippen molar-refractivity contribution in [3.63, 3.8) is 0 Å². The van der Waals surface area contributed by atoms with Crippen molar-refractivity contribution in [3.05, 3.63) is 41.3 Å². The van der Waals surface area contributed by atoms with Gasteiger partial charge in [-0.2, -0.15) is 4.98 Å². The van der Waals surface area contributed by atoms with Crippen LogP contribution < -0.4 is 4.74 Å². The molecule has 0 saturated heterocycles. The van der Waals surface area contributed by atoms with E-state index in [0.29, 0.717) is 12.4 Å². The van der Waals surface area contributed by atoms with E-state index in [1.54, 1.807) is 23.7 Å². The summed E-state index contributed by atoms with van der Waals surface area (Å²) in [6, 6.07) is 6.31. The van der Waals surface area contributed by atoms with Gasteiger partial charge in [0.25, 0.3) is 0 Å². The molecule has 0 aliphatic heterocycles. The zero-order chi connectivity index (χ0) is 15.5. The largest absolute Gasteiger partial charge is 0.460 e. The van der Waals surface area contributed by atoms with Gasteiger partial charge in [-0.15, -0.1) is 0 Å². The van der Waals surface area contributed by atoms with Gasteiger partial charge < -0.3 is 4.74 Å². The molecule has 5 nitrogen and oxygen atoms in total. The van der Waals surface area contributed by atoms with E-state index >= 15 is 0 Å². The molecule has 3 aromatic heterocycles. The van der Waals surface area contributed by atoms with Crippen LogP contribution in [0.15, 0.2) is 30.6 Å². The third-order valence-corrected chi connectivity index (χ3v) is 5.04. The van der Waals surface area contributed by atoms with Crippen LogP contribution in [0, 0.1) is 0 Å². The number of nitrogens with zero attached hydrogens (tertiary/aromatic N) is 4. The first kappa shape index (κ1) is 14.5. The topological polar surface area (TPSA) is 60.8 Å². The fraction of sp³-hybridized carbons (Fsp3) is 0.412. The van der Waals surface area contributed by atoms with Gasteiger partial charge in [0.2, 0.25) is 0 Å². The molecule has 1 aliphatic rings. The number of aromatic nitrogens is 4. The number of rotatable bonds is 4. The molecule has 0 aromatic carbocycles. The van der Waals surface area contributed by atoms with Gasteiger partial charge in [-0.25, -0.2) is 15.0 Å². The van der Waals surface area contributed by atoms with Crippen molar-refractivity contribution in [2.75, 3.05) is 0 Å². The smallest absolute Gasteiger partial charge is 0.316 e. The Labute approximate surface area is 138 Å². The second-order valence-electron chi connectivity index (χ2n) is 5.82. The van der Waals surface area contributed by atoms with Gasteiger partial charge in [-0.3, -0.25) is 0 Å². The first-order valence-corrected chi connectivity index (χ1v) is 8.87. The summed E-state index contributed by atoms with van der Waals surface area (Å²) < 4.78 is 5.94. The fourth-order valence-corrected chi connectivity index (χ4v) is 3.83. The van der Waals surface area contributed by atoms with Crippen molar-refractivity contribution < 1.29 is 4.74 Å². The van der Waals surface area contributed by atoms with E-state index in [-0.39, 0.29) is 6.10 Å². The summed E-state index contributed by atoms with van der Waals surface area (Å²) in [5.74, 6) is 0. The van der Waals surface area contributed by atoms with Crippen LogP contribution in [0.3, 0.4) is 0 Å². The molecule has 0 spiro atoms. The Hall–Kier alpha value is -2.08. The van der Waals surface area contributed by atoms with E-state index < -0.39 is 0 Å². The van der Waals surface area contributed by atoms with Crippen LogP contribution in [-0.4, -0.2) is 26.0 Å². The van der Waals surface area contributed by atoms with Crippen molar-refractivity contribution >= 4 is 21.7 Å². The third kappa shape index (κ3) is 3.47. The van der Waals surface area contributed by atoms with E-state index in [1.807, 2.05) is 18.2 Å². The Morgan fingerprint density at radius 1 is 1.04 bits per heavy atom. The lowest BCUT2D eigenvalue weighted by Gasteiger charge is -2.21. The summed E-state index contributed by atoms with van der Waals surface area (Å²) >= 11 is 1.61. The average Bonchev–Trinajstić information content (AvgIpc) is 2.98. The summed E-state index contributed by atoms with van der Waals surface area (Å²) in [4.78, 5) is 18.7. The second kappa shape index (κ2) is 6.58. The van der Waals surface area contributed by atoms with Crippen LogP contribution in [0.25, 0.3) is 10.3 Å². The molecule has 0 unspecified atom stereocenters. The Morgan fingerprint density at radius 3 is 2.83 bits per heavy atom. The molecule has 3 aromatic rings. The Kier molecular flexibility index (Phi) is 4.15. The van der Waals surface area contributed by atoms with Crippen molar-refractivity contribution in [3.8, 4) is 6.01 Å². The van der Waals surface area contributed by atoms with Gasteiger partial charge in [-0.05, 0) is 43.9 Å². The van der Waals surface area contributed by atoms with Crippen LogP contribution in [0.1, 0.15) is 42.8 Å². The predicted molar refractivity (Wildman–Crippen MR) is 89.8 cm³/mol. The molecule has 0 amide bonds. The first-order chi connectivity index (χ1) is 11.4. The molecule has 23 heavy (non-hydrogen) atoms. The molecule has 1 saturated carbocycles. The quantitative estimate of drug-likeness (QED) is 0.730. The maximum Gasteiger partial charge on any atom is 0.316 e. The predicted octanol–water partition coefficient (Wildman–Crippen LogP) is 3.78. The molecule has 3 heterocycles. The molecule has 6 heteroatoms. The Bertz CT molecular complexity index is 765. The van der Waals surface area contributed by atoms with E-state index in [1.165, 1.54) is 19.3 Å². The lowest BCUT2D eigenvalue weighted by atomic mass is 9.98. The third-order valence-electron chi connectivity index (χ3n) is 4.06. The minimum Gasteiger partial charge on any atom is -0.460 e. The number of hydrogen-bond acceptors (Lipinski definition) is 6. The van der Waals surface area contributed by atoms with Crippen LogP contribution >= 0.6 is 11.3 Å². The summed E-state index contributed by atoms with van der Waals surface area (Å²) in [6.45, 7) is 0. The molecule has 1 aliphatic carbocycles. The van der Waals surface area contributed by atoms with E-state index in [9.17, 15) is 0 Å². The maximum atomic E-state index is 5.94. The summed E-state index contributed by atoms with van der Waals surface area (Å²) in [5.41, 5.74) is 1.88. The zero-order valence-electron chi connectivity index (χ0n) is 12.8. The lowest BCUT2D eigenvalue weighted by molar-refractivity contribution is 0.141. The summed E-state index contributed by atoms with van der Waals surface area (Å²) in [6.07, 6.45) is 10.5. The number of ether oxygens (including phenoxy) is 1. The number of thiazole rings is 1. The van der Waals surface area contributed by atoms with Gasteiger partial charge in [0.15, 0.2) is 0 Å². The number of fused-ring (bicyclic) bond motifs is 1. The Morgan fingerprint density at radius 2 is 1.96 bits per heavy atom. The highest BCUT2D eigenvalue weighted by Crippen LogP contribution is 2.23. The van der Waals surface area contributed by atoms with Crippen molar-refractivity contribution in [1.29, 1.82) is 0 Å². The van der Waals surface area contributed by atoms with Crippen LogP contribution in [0.2, 0.25) is 0 Å². The molecule has 0 atom stereocenters. The van der Waals surface area contributed by atoms with Gasteiger partial charge >= 0.3 is 6.01 Å². The molecule has 4 rings (SSSR count). The molecular formula is C17H18N4OS. The maximum absolute atomic E-state index is 5.94. The number of pyridine rings is 1. The first-order valence-electron chi connectivity index (χ1n) is 8.06. The minimum atomic E-state index is 0.269. The van der Waals surface area contributed by atoms with Gasteiger partial charge in [0.05, 0.1) is 5.69 Å². The highest BCUT2D eigenvalue weighted by atomic mass is 32.1. The van der Waals surface area contributed by atoms with Crippen molar-refractivity contribution in [2.45, 2.75) is 44.6 Å². The molecule has 0 radical (unpaired) electrons. The standard InChI is InChI=1S/C17H18N4OS/c1-2-5-13(6-3-1)22-17-19-10-8-12(20-17)11-15-21-14-7-4-9-18-16(14)23-15/h4,7-10,13H,1-3,5-6,11H2. The van der Waals surface area contributed by atoms with E-state index in [0.717, 1.165) is 33.9 Å². The highest BCUT2D eigenvalue weighted by molar-refractivity contribution is 7.18. The van der Waals surface area contributed by atoms with Crippen LogP contribution in [0.5, 0.6) is 6.01 Å². The summed E-state index contributed by atoms with van der Waals surface area (Å²) in [7, 11) is 0. The molecule has 118 valence electrons. The van der Waals surface area contributed by atoms with Gasteiger partial charge in [0, 0.05) is 18.8 Å². The van der Waals surface area contributed by atoms with Crippen molar-refractivity contribution in [1.82, 2.24) is 19.9 Å². The lowest BCUT2D eigenvalue weighted by Crippen LogP contribution is -2.20. The Balaban J connectivity index is 1.49. The minimum absolute atomic E-state index is 0.269. The molecular weight excluding hydrogens is 308 g/mol.